The number of hydrogen-bond acceptors (Lipinski definition) is 7. The van der Waals surface area contributed by atoms with E-state index in [1.165, 1.54) is 23.9 Å². The Balaban J connectivity index is 1.51. The maximum atomic E-state index is 13.8. The number of halogens is 4. The normalized spacial score (nSPS) is 15.9. The molecule has 2 N–H and O–H groups in total. The maximum Gasteiger partial charge on any atom is 0.397 e. The van der Waals surface area contributed by atoms with Crippen LogP contribution in [0.15, 0.2) is 64.8 Å². The number of carbonyl (C=O) groups excluding carboxylic acids is 1. The van der Waals surface area contributed by atoms with Crippen LogP contribution in [0.1, 0.15) is 12.8 Å². The van der Waals surface area contributed by atoms with Crippen molar-refractivity contribution in [3.63, 3.8) is 0 Å². The fourth-order valence-electron chi connectivity index (χ4n) is 3.28. The lowest BCUT2D eigenvalue weighted by Gasteiger charge is -2.18. The summed E-state index contributed by atoms with van der Waals surface area (Å²) in [6.07, 6.45) is -4.97. The van der Waals surface area contributed by atoms with Gasteiger partial charge in [0.05, 0.1) is 6.54 Å². The first-order valence-electron chi connectivity index (χ1n) is 10.3. The van der Waals surface area contributed by atoms with E-state index in [9.17, 15) is 22.4 Å². The molecule has 1 amide bonds. The molecule has 1 aliphatic rings. The Morgan fingerprint density at radius 2 is 1.91 bits per heavy atom. The summed E-state index contributed by atoms with van der Waals surface area (Å²) in [7, 11) is 0. The molecule has 0 bridgehead atoms. The molecule has 0 saturated carbocycles. The van der Waals surface area contributed by atoms with E-state index in [0.717, 1.165) is 0 Å². The van der Waals surface area contributed by atoms with Gasteiger partial charge in [0.2, 0.25) is 5.91 Å². The molecule has 4 rings (SSSR count). The maximum absolute atomic E-state index is 13.8. The molecule has 0 unspecified atom stereocenters. The van der Waals surface area contributed by atoms with Gasteiger partial charge in [0.1, 0.15) is 30.0 Å². The Bertz CT molecular complexity index is 1130. The molecule has 0 radical (unpaired) electrons. The number of amides is 1. The number of benzene rings is 1. The van der Waals surface area contributed by atoms with Crippen LogP contribution < -0.4 is 15.5 Å². The van der Waals surface area contributed by atoms with E-state index in [0.29, 0.717) is 40.5 Å². The SMILES string of the molecule is O=C(CC(F)(F)F)Nc1ccc(Sc2nc(Nc3ccccn3)cc(N3CC[C@H](F)C3)n2)cc1. The third kappa shape index (κ3) is 6.80. The summed E-state index contributed by atoms with van der Waals surface area (Å²) in [6.45, 7) is 0.786. The second-order valence-corrected chi connectivity index (χ2v) is 8.57. The Hall–Kier alpha value is -3.41. The number of pyridine rings is 1. The molecule has 1 aliphatic heterocycles. The second-order valence-electron chi connectivity index (χ2n) is 7.53. The van der Waals surface area contributed by atoms with Gasteiger partial charge in [-0.1, -0.05) is 6.07 Å². The molecule has 1 saturated heterocycles. The van der Waals surface area contributed by atoms with Crippen LogP contribution in [0.4, 0.5) is 40.7 Å². The largest absolute Gasteiger partial charge is 0.397 e. The minimum Gasteiger partial charge on any atom is -0.353 e. The van der Waals surface area contributed by atoms with E-state index < -0.39 is 24.7 Å². The van der Waals surface area contributed by atoms with Gasteiger partial charge in [0, 0.05) is 29.4 Å². The molecule has 0 spiro atoms. The topological polar surface area (TPSA) is 83.0 Å². The number of hydrogen-bond donors (Lipinski definition) is 2. The fraction of sp³-hybridized carbons (Fsp3) is 0.273. The standard InChI is InChI=1S/C22H20F4N6OS/c23-14-8-10-32(13-14)19-11-18(29-17-3-1-2-9-27-17)30-21(31-19)34-16-6-4-15(5-7-16)28-20(33)12-22(24,25)26/h1-7,9,11,14H,8,10,12-13H2,(H,28,33)(H,27,29,30,31)/t14-/m0/s1. The van der Waals surface area contributed by atoms with Crippen LogP contribution in [0.25, 0.3) is 0 Å². The van der Waals surface area contributed by atoms with Crippen molar-refractivity contribution in [3.05, 3.63) is 54.7 Å². The molecule has 3 aromatic rings. The van der Waals surface area contributed by atoms with Crippen molar-refractivity contribution in [2.24, 2.45) is 0 Å². The van der Waals surface area contributed by atoms with Gasteiger partial charge in [0.25, 0.3) is 0 Å². The van der Waals surface area contributed by atoms with Gasteiger partial charge >= 0.3 is 6.18 Å². The minimum absolute atomic E-state index is 0.246. The molecule has 2 aromatic heterocycles. The monoisotopic (exact) mass is 492 g/mol. The zero-order chi connectivity index (χ0) is 24.1. The highest BCUT2D eigenvalue weighted by atomic mass is 32.2. The van der Waals surface area contributed by atoms with E-state index in [1.807, 2.05) is 11.0 Å². The molecular formula is C22H20F4N6OS. The number of alkyl halides is 4. The van der Waals surface area contributed by atoms with Crippen LogP contribution >= 0.6 is 11.8 Å². The quantitative estimate of drug-likeness (QED) is 0.346. The smallest absolute Gasteiger partial charge is 0.353 e. The Kier molecular flexibility index (Phi) is 7.15. The Labute approximate surface area is 197 Å². The van der Waals surface area contributed by atoms with Crippen LogP contribution in [0.3, 0.4) is 0 Å². The van der Waals surface area contributed by atoms with Crippen molar-refractivity contribution in [3.8, 4) is 0 Å². The molecule has 12 heteroatoms. The minimum atomic E-state index is -4.57. The lowest BCUT2D eigenvalue weighted by atomic mass is 10.3. The van der Waals surface area contributed by atoms with Crippen molar-refractivity contribution in [2.75, 3.05) is 28.6 Å². The molecular weight excluding hydrogens is 472 g/mol. The second kappa shape index (κ2) is 10.2. The van der Waals surface area contributed by atoms with Crippen LogP contribution in [0.5, 0.6) is 0 Å². The van der Waals surface area contributed by atoms with E-state index >= 15 is 0 Å². The highest BCUT2D eigenvalue weighted by Crippen LogP contribution is 2.31. The predicted molar refractivity (Wildman–Crippen MR) is 121 cm³/mol. The summed E-state index contributed by atoms with van der Waals surface area (Å²) in [5.41, 5.74) is 0.247. The summed E-state index contributed by atoms with van der Waals surface area (Å²) in [6, 6.07) is 13.4. The van der Waals surface area contributed by atoms with Crippen molar-refractivity contribution in [1.82, 2.24) is 15.0 Å². The van der Waals surface area contributed by atoms with Gasteiger partial charge in [-0.2, -0.15) is 13.2 Å². The zero-order valence-electron chi connectivity index (χ0n) is 17.7. The number of nitrogens with zero attached hydrogens (tertiary/aromatic N) is 4. The average Bonchev–Trinajstić information content (AvgIpc) is 3.21. The summed E-state index contributed by atoms with van der Waals surface area (Å²) in [5, 5.41) is 5.73. The van der Waals surface area contributed by atoms with Crippen LogP contribution in [-0.4, -0.2) is 46.3 Å². The molecule has 1 fully saturated rings. The molecule has 1 aromatic carbocycles. The molecule has 7 nitrogen and oxygen atoms in total. The van der Waals surface area contributed by atoms with Crippen molar-refractivity contribution < 1.29 is 22.4 Å². The molecule has 0 aliphatic carbocycles. The first-order chi connectivity index (χ1) is 16.2. The Morgan fingerprint density at radius 1 is 1.12 bits per heavy atom. The number of anilines is 4. The summed E-state index contributed by atoms with van der Waals surface area (Å²) >= 11 is 1.23. The zero-order valence-corrected chi connectivity index (χ0v) is 18.5. The number of nitrogens with one attached hydrogen (secondary N) is 2. The van der Waals surface area contributed by atoms with Crippen LogP contribution in [0.2, 0.25) is 0 Å². The molecule has 3 heterocycles. The van der Waals surface area contributed by atoms with Gasteiger partial charge < -0.3 is 15.5 Å². The van der Waals surface area contributed by atoms with Crippen molar-refractivity contribution in [1.29, 1.82) is 0 Å². The van der Waals surface area contributed by atoms with Crippen molar-refractivity contribution in [2.45, 2.75) is 35.2 Å². The van der Waals surface area contributed by atoms with Crippen LogP contribution in [-0.2, 0) is 4.79 Å². The number of carbonyl (C=O) groups is 1. The molecule has 178 valence electrons. The lowest BCUT2D eigenvalue weighted by Crippen LogP contribution is -2.21. The molecule has 1 atom stereocenters. The highest BCUT2D eigenvalue weighted by Gasteiger charge is 2.31. The van der Waals surface area contributed by atoms with Crippen molar-refractivity contribution >= 4 is 40.8 Å². The van der Waals surface area contributed by atoms with E-state index in [-0.39, 0.29) is 12.2 Å². The van der Waals surface area contributed by atoms with E-state index in [1.54, 1.807) is 36.5 Å². The van der Waals surface area contributed by atoms with E-state index in [4.69, 9.17) is 0 Å². The first-order valence-corrected chi connectivity index (χ1v) is 11.2. The molecule has 34 heavy (non-hydrogen) atoms. The predicted octanol–water partition coefficient (Wildman–Crippen LogP) is 5.21. The highest BCUT2D eigenvalue weighted by molar-refractivity contribution is 7.99. The van der Waals surface area contributed by atoms with E-state index in [2.05, 4.69) is 25.6 Å². The summed E-state index contributed by atoms with van der Waals surface area (Å²) in [5.74, 6) is 0.523. The average molecular weight is 493 g/mol. The van der Waals surface area contributed by atoms with Crippen LogP contribution in [0, 0.1) is 0 Å². The third-order valence-corrected chi connectivity index (χ3v) is 5.65. The fourth-order valence-corrected chi connectivity index (χ4v) is 4.04. The number of rotatable bonds is 7. The summed E-state index contributed by atoms with van der Waals surface area (Å²) in [4.78, 5) is 27.3. The van der Waals surface area contributed by atoms with Gasteiger partial charge in [-0.3, -0.25) is 4.79 Å². The van der Waals surface area contributed by atoms with Gasteiger partial charge in [-0.25, -0.2) is 19.3 Å². The number of aromatic nitrogens is 3. The lowest BCUT2D eigenvalue weighted by molar-refractivity contribution is -0.150. The summed E-state index contributed by atoms with van der Waals surface area (Å²) < 4.78 is 50.8. The van der Waals surface area contributed by atoms with Gasteiger partial charge in [-0.05, 0) is 54.6 Å². The van der Waals surface area contributed by atoms with Gasteiger partial charge in [0.15, 0.2) is 5.16 Å². The first kappa shape index (κ1) is 23.7. The third-order valence-electron chi connectivity index (χ3n) is 4.78. The van der Waals surface area contributed by atoms with Gasteiger partial charge in [-0.15, -0.1) is 0 Å². The Morgan fingerprint density at radius 3 is 2.56 bits per heavy atom.